The lowest BCUT2D eigenvalue weighted by molar-refractivity contribution is -0.384. The van der Waals surface area contributed by atoms with Crippen molar-refractivity contribution < 1.29 is 9.72 Å². The number of carbonyl (C=O) groups is 1. The second kappa shape index (κ2) is 11.1. The molecule has 0 spiro atoms. The molecule has 2 aromatic rings. The first-order chi connectivity index (χ1) is 14.8. The van der Waals surface area contributed by atoms with Crippen LogP contribution in [0.4, 0.5) is 17.2 Å². The molecule has 0 aliphatic rings. The molecule has 0 amide bonds. The Bertz CT molecular complexity index is 1050. The lowest BCUT2D eigenvalue weighted by atomic mass is 10.1. The maximum atomic E-state index is 12.1. The molecule has 0 saturated carbocycles. The van der Waals surface area contributed by atoms with Gasteiger partial charge in [-0.3, -0.25) is 28.8 Å². The number of nitro groups is 1. The fraction of sp³-hybridized carbons (Fsp3) is 0.450. The first kappa shape index (κ1) is 23.8. The molecular weight excluding hydrogens is 404 g/mol. The first-order valence-electron chi connectivity index (χ1n) is 10.00. The number of aromatic nitrogens is 2. The van der Waals surface area contributed by atoms with Gasteiger partial charge in [0.25, 0.3) is 11.2 Å². The van der Waals surface area contributed by atoms with Gasteiger partial charge in [-0.2, -0.15) is 0 Å². The van der Waals surface area contributed by atoms with Crippen molar-refractivity contribution in [1.29, 1.82) is 0 Å². The third-order valence-electron chi connectivity index (χ3n) is 4.98. The van der Waals surface area contributed by atoms with E-state index in [1.165, 1.54) is 35.9 Å². The number of nitrogens with zero attached hydrogens (tertiary/aromatic N) is 4. The molecule has 11 heteroatoms. The first-order valence-corrected chi connectivity index (χ1v) is 10.00. The van der Waals surface area contributed by atoms with Crippen molar-refractivity contribution in [1.82, 2.24) is 14.5 Å². The van der Waals surface area contributed by atoms with Crippen LogP contribution in [-0.4, -0.2) is 53.1 Å². The number of hydrogen-bond donors (Lipinski definition) is 2. The average molecular weight is 432 g/mol. The molecule has 0 atom stereocenters. The highest BCUT2D eigenvalue weighted by Crippen LogP contribution is 2.20. The molecule has 0 aliphatic carbocycles. The van der Waals surface area contributed by atoms with Gasteiger partial charge in [0.2, 0.25) is 0 Å². The molecule has 2 rings (SSSR count). The summed E-state index contributed by atoms with van der Waals surface area (Å²) in [5.74, 6) is 0.582. The smallest absolute Gasteiger partial charge is 0.332 e. The normalized spacial score (nSPS) is 10.7. The lowest BCUT2D eigenvalue weighted by Crippen LogP contribution is -2.42. The van der Waals surface area contributed by atoms with Crippen molar-refractivity contribution in [2.24, 2.45) is 14.1 Å². The predicted octanol–water partition coefficient (Wildman–Crippen LogP) is 0.723. The van der Waals surface area contributed by atoms with Crippen LogP contribution in [0.15, 0.2) is 33.9 Å². The van der Waals surface area contributed by atoms with Gasteiger partial charge in [-0.1, -0.05) is 0 Å². The van der Waals surface area contributed by atoms with E-state index in [0.717, 1.165) is 11.0 Å². The van der Waals surface area contributed by atoms with E-state index in [0.29, 0.717) is 50.5 Å². The van der Waals surface area contributed by atoms with Gasteiger partial charge in [0, 0.05) is 69.7 Å². The van der Waals surface area contributed by atoms with E-state index in [1.54, 1.807) is 7.05 Å². The Hall–Kier alpha value is -3.47. The summed E-state index contributed by atoms with van der Waals surface area (Å²) < 4.78 is 2.53. The number of hydrogen-bond acceptors (Lipinski definition) is 8. The van der Waals surface area contributed by atoms with E-state index in [1.807, 2.05) is 11.8 Å². The van der Waals surface area contributed by atoms with Gasteiger partial charge in [-0.25, -0.2) is 4.79 Å². The maximum Gasteiger partial charge on any atom is 0.332 e. The van der Waals surface area contributed by atoms with Crippen LogP contribution in [0, 0.1) is 10.1 Å². The van der Waals surface area contributed by atoms with Gasteiger partial charge in [0.15, 0.2) is 6.29 Å². The van der Waals surface area contributed by atoms with Crippen LogP contribution in [0.5, 0.6) is 0 Å². The number of nitro benzene ring substituents is 1. The number of rotatable bonds is 12. The van der Waals surface area contributed by atoms with Crippen molar-refractivity contribution in [2.75, 3.05) is 42.9 Å². The van der Waals surface area contributed by atoms with Gasteiger partial charge in [-0.05, 0) is 26.0 Å². The molecule has 0 fully saturated rings. The molecule has 0 unspecified atom stereocenters. The summed E-state index contributed by atoms with van der Waals surface area (Å²) in [6.45, 7) is 5.20. The van der Waals surface area contributed by atoms with Crippen molar-refractivity contribution in [3.05, 3.63) is 60.8 Å². The van der Waals surface area contributed by atoms with E-state index in [2.05, 4.69) is 10.6 Å². The highest BCUT2D eigenvalue weighted by atomic mass is 16.6. The van der Waals surface area contributed by atoms with E-state index in [4.69, 9.17) is 0 Å². The fourth-order valence-electron chi connectivity index (χ4n) is 3.16. The van der Waals surface area contributed by atoms with Gasteiger partial charge < -0.3 is 15.5 Å². The predicted molar refractivity (Wildman–Crippen MR) is 119 cm³/mol. The molecule has 11 nitrogen and oxygen atoms in total. The van der Waals surface area contributed by atoms with Crippen LogP contribution >= 0.6 is 0 Å². The summed E-state index contributed by atoms with van der Waals surface area (Å²) >= 11 is 0. The van der Waals surface area contributed by atoms with Crippen LogP contribution in [0.3, 0.4) is 0 Å². The second-order valence-corrected chi connectivity index (χ2v) is 7.00. The highest BCUT2D eigenvalue weighted by molar-refractivity contribution is 5.85. The molecule has 31 heavy (non-hydrogen) atoms. The van der Waals surface area contributed by atoms with Gasteiger partial charge in [-0.15, -0.1) is 0 Å². The standard InChI is InChI=1S/C20H28N6O5/c1-4-25(18-13-19(28)24(3)20(29)23(18)2)11-10-21-8-5-9-22-17-7-6-16(26(30)31)12-15(17)14-27/h6-7,12-14,21-22H,4-5,8-11H2,1-3H3. The summed E-state index contributed by atoms with van der Waals surface area (Å²) in [6, 6.07) is 5.60. The van der Waals surface area contributed by atoms with Gasteiger partial charge in [0.05, 0.1) is 4.92 Å². The van der Waals surface area contributed by atoms with E-state index >= 15 is 0 Å². The monoisotopic (exact) mass is 432 g/mol. The van der Waals surface area contributed by atoms with Crippen molar-refractivity contribution in [3.63, 3.8) is 0 Å². The molecule has 1 aromatic heterocycles. The summed E-state index contributed by atoms with van der Waals surface area (Å²) in [5, 5.41) is 17.2. The molecule has 0 bridgehead atoms. The van der Waals surface area contributed by atoms with Crippen molar-refractivity contribution in [3.8, 4) is 0 Å². The number of likely N-dealkylation sites (N-methyl/N-ethyl adjacent to an activating group) is 1. The zero-order valence-corrected chi connectivity index (χ0v) is 18.0. The minimum Gasteiger partial charge on any atom is -0.384 e. The van der Waals surface area contributed by atoms with Crippen LogP contribution in [0.1, 0.15) is 23.7 Å². The van der Waals surface area contributed by atoms with E-state index in [-0.39, 0.29) is 22.5 Å². The number of nitrogens with one attached hydrogen (secondary N) is 2. The summed E-state index contributed by atoms with van der Waals surface area (Å²) in [5.41, 5.74) is -0.00861. The summed E-state index contributed by atoms with van der Waals surface area (Å²) in [7, 11) is 3.10. The quantitative estimate of drug-likeness (QED) is 0.217. The Morgan fingerprint density at radius 2 is 1.87 bits per heavy atom. The SMILES string of the molecule is CCN(CCNCCCNc1ccc([N+](=O)[O-])cc1C=O)c1cc(=O)n(C)c(=O)n1C. The molecule has 0 saturated heterocycles. The number of aldehydes is 1. The molecular formula is C20H28N6O5. The highest BCUT2D eigenvalue weighted by Gasteiger charge is 2.12. The average Bonchev–Trinajstić information content (AvgIpc) is 2.77. The molecule has 2 N–H and O–H groups in total. The van der Waals surface area contributed by atoms with Crippen LogP contribution in [0.25, 0.3) is 0 Å². The van der Waals surface area contributed by atoms with Crippen LogP contribution in [-0.2, 0) is 14.1 Å². The number of anilines is 2. The molecule has 0 aliphatic heterocycles. The zero-order valence-electron chi connectivity index (χ0n) is 18.0. The van der Waals surface area contributed by atoms with Gasteiger partial charge >= 0.3 is 5.69 Å². The largest absolute Gasteiger partial charge is 0.384 e. The lowest BCUT2D eigenvalue weighted by Gasteiger charge is -2.25. The third kappa shape index (κ3) is 6.01. The Balaban J connectivity index is 1.80. The van der Waals surface area contributed by atoms with Crippen LogP contribution in [0.2, 0.25) is 0 Å². The molecule has 168 valence electrons. The Morgan fingerprint density at radius 3 is 2.52 bits per heavy atom. The minimum atomic E-state index is -0.536. The number of benzene rings is 1. The summed E-state index contributed by atoms with van der Waals surface area (Å²) in [6.07, 6.45) is 1.36. The summed E-state index contributed by atoms with van der Waals surface area (Å²) in [4.78, 5) is 47.4. The Labute approximate surface area is 179 Å². The van der Waals surface area contributed by atoms with Crippen molar-refractivity contribution in [2.45, 2.75) is 13.3 Å². The molecule has 0 radical (unpaired) electrons. The Kier molecular flexibility index (Phi) is 8.50. The number of carbonyl (C=O) groups excluding carboxylic acids is 1. The zero-order chi connectivity index (χ0) is 23.0. The van der Waals surface area contributed by atoms with E-state index in [9.17, 15) is 24.5 Å². The minimum absolute atomic E-state index is 0.122. The molecule has 1 heterocycles. The van der Waals surface area contributed by atoms with Crippen molar-refractivity contribution >= 4 is 23.5 Å². The maximum absolute atomic E-state index is 12.1. The Morgan fingerprint density at radius 1 is 1.13 bits per heavy atom. The van der Waals surface area contributed by atoms with Gasteiger partial charge in [0.1, 0.15) is 5.82 Å². The van der Waals surface area contributed by atoms with Crippen LogP contribution < -0.4 is 26.8 Å². The second-order valence-electron chi connectivity index (χ2n) is 7.00. The third-order valence-corrected chi connectivity index (χ3v) is 4.98. The van der Waals surface area contributed by atoms with E-state index < -0.39 is 4.92 Å². The fourth-order valence-corrected chi connectivity index (χ4v) is 3.16. The molecule has 1 aromatic carbocycles. The topological polar surface area (TPSA) is 132 Å². The number of non-ortho nitro benzene ring substituents is 1.